The lowest BCUT2D eigenvalue weighted by atomic mass is 10.2. The Morgan fingerprint density at radius 1 is 1.25 bits per heavy atom. The van der Waals surface area contributed by atoms with Crippen LogP contribution >= 0.6 is 15.9 Å². The highest BCUT2D eigenvalue weighted by Gasteiger charge is 2.13. The predicted octanol–water partition coefficient (Wildman–Crippen LogP) is 3.67. The van der Waals surface area contributed by atoms with Gasteiger partial charge in [0.2, 0.25) is 0 Å². The zero-order chi connectivity index (χ0) is 14.7. The molecule has 0 aromatic heterocycles. The minimum atomic E-state index is -0.696. The summed E-state index contributed by atoms with van der Waals surface area (Å²) < 4.78 is 31.4. The topological polar surface area (TPSA) is 52.3 Å². The molecule has 2 rings (SSSR count). The quantitative estimate of drug-likeness (QED) is 0.684. The van der Waals surface area contributed by atoms with Crippen molar-refractivity contribution in [3.8, 4) is 0 Å². The molecule has 6 heteroatoms. The van der Waals surface area contributed by atoms with Crippen LogP contribution in [-0.2, 0) is 11.3 Å². The number of nitrogen functional groups attached to an aromatic ring is 1. The molecule has 0 heterocycles. The van der Waals surface area contributed by atoms with E-state index in [1.165, 1.54) is 18.2 Å². The molecule has 0 atom stereocenters. The van der Waals surface area contributed by atoms with Crippen molar-refractivity contribution in [2.45, 2.75) is 6.61 Å². The van der Waals surface area contributed by atoms with E-state index in [1.54, 1.807) is 6.07 Å². The van der Waals surface area contributed by atoms with Gasteiger partial charge in [0.25, 0.3) is 0 Å². The van der Waals surface area contributed by atoms with Crippen LogP contribution in [0.1, 0.15) is 15.9 Å². The van der Waals surface area contributed by atoms with Crippen LogP contribution in [0.5, 0.6) is 0 Å². The first-order chi connectivity index (χ1) is 9.49. The number of ether oxygens (including phenoxy) is 1. The van der Waals surface area contributed by atoms with Crippen molar-refractivity contribution in [2.24, 2.45) is 0 Å². The highest BCUT2D eigenvalue weighted by molar-refractivity contribution is 9.10. The second-order valence-electron chi connectivity index (χ2n) is 4.02. The summed E-state index contributed by atoms with van der Waals surface area (Å²) in [7, 11) is 0. The summed E-state index contributed by atoms with van der Waals surface area (Å²) in [5.41, 5.74) is 6.08. The summed E-state index contributed by atoms with van der Waals surface area (Å²) in [5, 5.41) is 0. The number of anilines is 1. The zero-order valence-corrected chi connectivity index (χ0v) is 11.8. The summed E-state index contributed by atoms with van der Waals surface area (Å²) >= 11 is 3.07. The molecule has 2 aromatic rings. The van der Waals surface area contributed by atoms with Crippen molar-refractivity contribution in [3.05, 3.63) is 63.6 Å². The van der Waals surface area contributed by atoms with Gasteiger partial charge in [-0.2, -0.15) is 0 Å². The molecule has 0 bridgehead atoms. The van der Waals surface area contributed by atoms with E-state index < -0.39 is 17.6 Å². The van der Waals surface area contributed by atoms with Gasteiger partial charge in [-0.05, 0) is 40.2 Å². The average molecular weight is 342 g/mol. The number of nitrogens with two attached hydrogens (primary N) is 1. The van der Waals surface area contributed by atoms with Gasteiger partial charge in [0.1, 0.15) is 18.2 Å². The van der Waals surface area contributed by atoms with Crippen molar-refractivity contribution < 1.29 is 18.3 Å². The molecular weight excluding hydrogens is 332 g/mol. The van der Waals surface area contributed by atoms with E-state index in [4.69, 9.17) is 10.5 Å². The van der Waals surface area contributed by atoms with Crippen LogP contribution in [0.15, 0.2) is 40.9 Å². The second kappa shape index (κ2) is 6.00. The van der Waals surface area contributed by atoms with Crippen molar-refractivity contribution in [2.75, 3.05) is 5.73 Å². The summed E-state index contributed by atoms with van der Waals surface area (Å²) in [5.74, 6) is -1.68. The van der Waals surface area contributed by atoms with Gasteiger partial charge in [-0.1, -0.05) is 12.1 Å². The molecule has 2 aromatic carbocycles. The maximum absolute atomic E-state index is 13.3. The Morgan fingerprint density at radius 3 is 2.70 bits per heavy atom. The number of hydrogen-bond donors (Lipinski definition) is 1. The molecular formula is C14H10BrF2NO2. The third kappa shape index (κ3) is 3.14. The maximum atomic E-state index is 13.3. The van der Waals surface area contributed by atoms with Crippen molar-refractivity contribution >= 4 is 27.6 Å². The number of benzene rings is 2. The molecule has 0 saturated heterocycles. The number of rotatable bonds is 3. The fourth-order valence-electron chi connectivity index (χ4n) is 1.60. The highest BCUT2D eigenvalue weighted by Crippen LogP contribution is 2.22. The summed E-state index contributed by atoms with van der Waals surface area (Å²) in [4.78, 5) is 11.8. The third-order valence-corrected chi connectivity index (χ3v) is 3.51. The van der Waals surface area contributed by atoms with E-state index in [9.17, 15) is 13.6 Å². The molecule has 0 saturated carbocycles. The summed E-state index contributed by atoms with van der Waals surface area (Å²) in [6, 6.07) is 7.81. The van der Waals surface area contributed by atoms with E-state index in [0.29, 0.717) is 5.56 Å². The van der Waals surface area contributed by atoms with Crippen LogP contribution in [0.3, 0.4) is 0 Å². The van der Waals surface area contributed by atoms with Crippen LogP contribution in [0, 0.1) is 11.6 Å². The Balaban J connectivity index is 2.11. The van der Waals surface area contributed by atoms with E-state index in [0.717, 1.165) is 12.1 Å². The Kier molecular flexibility index (Phi) is 4.34. The lowest BCUT2D eigenvalue weighted by molar-refractivity contribution is 0.0472. The van der Waals surface area contributed by atoms with Crippen LogP contribution in [-0.4, -0.2) is 5.97 Å². The van der Waals surface area contributed by atoms with Gasteiger partial charge in [0.15, 0.2) is 0 Å². The molecule has 0 aliphatic rings. The third-order valence-electron chi connectivity index (χ3n) is 2.62. The second-order valence-corrected chi connectivity index (χ2v) is 4.81. The van der Waals surface area contributed by atoms with Gasteiger partial charge in [0.05, 0.1) is 10.0 Å². The summed E-state index contributed by atoms with van der Waals surface area (Å²) in [6.45, 7) is -0.117. The standard InChI is InChI=1S/C14H10BrF2NO2/c15-13-8(2-1-3-11(13)17)7-20-14(19)10-5-4-9(16)6-12(10)18/h1-6H,7,18H2. The van der Waals surface area contributed by atoms with Gasteiger partial charge in [-0.3, -0.25) is 0 Å². The lowest BCUT2D eigenvalue weighted by Gasteiger charge is -2.08. The van der Waals surface area contributed by atoms with Gasteiger partial charge in [-0.15, -0.1) is 0 Å². The Bertz CT molecular complexity index is 662. The average Bonchev–Trinajstić information content (AvgIpc) is 2.40. The number of carbonyl (C=O) groups excluding carboxylic acids is 1. The first kappa shape index (κ1) is 14.5. The fraction of sp³-hybridized carbons (Fsp3) is 0.0714. The monoisotopic (exact) mass is 341 g/mol. The summed E-state index contributed by atoms with van der Waals surface area (Å²) in [6.07, 6.45) is 0. The largest absolute Gasteiger partial charge is 0.457 e. The lowest BCUT2D eigenvalue weighted by Crippen LogP contribution is -2.09. The minimum absolute atomic E-state index is 0.00620. The molecule has 0 spiro atoms. The SMILES string of the molecule is Nc1cc(F)ccc1C(=O)OCc1cccc(F)c1Br. The maximum Gasteiger partial charge on any atom is 0.340 e. The smallest absolute Gasteiger partial charge is 0.340 e. The van der Waals surface area contributed by atoms with E-state index >= 15 is 0 Å². The number of halogens is 3. The van der Waals surface area contributed by atoms with Crippen LogP contribution in [0.2, 0.25) is 0 Å². The normalized spacial score (nSPS) is 10.3. The van der Waals surface area contributed by atoms with E-state index in [-0.39, 0.29) is 22.3 Å². The predicted molar refractivity (Wildman–Crippen MR) is 74.0 cm³/mol. The first-order valence-electron chi connectivity index (χ1n) is 5.64. The van der Waals surface area contributed by atoms with Crippen LogP contribution in [0.25, 0.3) is 0 Å². The van der Waals surface area contributed by atoms with Crippen molar-refractivity contribution in [1.29, 1.82) is 0 Å². The molecule has 0 radical (unpaired) electrons. The highest BCUT2D eigenvalue weighted by atomic mass is 79.9. The fourth-order valence-corrected chi connectivity index (χ4v) is 1.98. The minimum Gasteiger partial charge on any atom is -0.457 e. The van der Waals surface area contributed by atoms with Crippen LogP contribution < -0.4 is 5.73 Å². The van der Waals surface area contributed by atoms with E-state index in [1.807, 2.05) is 0 Å². The number of hydrogen-bond acceptors (Lipinski definition) is 3. The number of carbonyl (C=O) groups is 1. The molecule has 3 nitrogen and oxygen atoms in total. The zero-order valence-electron chi connectivity index (χ0n) is 10.2. The Morgan fingerprint density at radius 2 is 2.00 bits per heavy atom. The molecule has 20 heavy (non-hydrogen) atoms. The van der Waals surface area contributed by atoms with Gasteiger partial charge >= 0.3 is 5.97 Å². The Hall–Kier alpha value is -1.95. The Labute approximate surface area is 122 Å². The molecule has 0 fully saturated rings. The van der Waals surface area contributed by atoms with Gasteiger partial charge < -0.3 is 10.5 Å². The van der Waals surface area contributed by atoms with Crippen molar-refractivity contribution in [3.63, 3.8) is 0 Å². The molecule has 0 aliphatic carbocycles. The first-order valence-corrected chi connectivity index (χ1v) is 6.43. The molecule has 2 N–H and O–H groups in total. The van der Waals surface area contributed by atoms with E-state index in [2.05, 4.69) is 15.9 Å². The molecule has 0 unspecified atom stereocenters. The molecule has 0 amide bonds. The van der Waals surface area contributed by atoms with Gasteiger partial charge in [-0.25, -0.2) is 13.6 Å². The molecule has 104 valence electrons. The van der Waals surface area contributed by atoms with Gasteiger partial charge in [0, 0.05) is 11.3 Å². The van der Waals surface area contributed by atoms with Crippen LogP contribution in [0.4, 0.5) is 14.5 Å². The van der Waals surface area contributed by atoms with Crippen molar-refractivity contribution in [1.82, 2.24) is 0 Å². The molecule has 0 aliphatic heterocycles. The number of esters is 1.